The lowest BCUT2D eigenvalue weighted by Gasteiger charge is -1.98. The van der Waals surface area contributed by atoms with Gasteiger partial charge in [0.1, 0.15) is 4.88 Å². The highest BCUT2D eigenvalue weighted by molar-refractivity contribution is 7.15. The van der Waals surface area contributed by atoms with Crippen LogP contribution in [0.5, 0.6) is 0 Å². The fourth-order valence-electron chi connectivity index (χ4n) is 1.75. The van der Waals surface area contributed by atoms with Crippen LogP contribution >= 0.6 is 11.3 Å². The first kappa shape index (κ1) is 11.1. The molecule has 5 heteroatoms. The monoisotopic (exact) mass is 257 g/mol. The predicted molar refractivity (Wildman–Crippen MR) is 70.3 cm³/mol. The van der Waals surface area contributed by atoms with Crippen LogP contribution in [-0.2, 0) is 0 Å². The van der Waals surface area contributed by atoms with Crippen molar-refractivity contribution < 1.29 is 4.42 Å². The Hall–Kier alpha value is -2.01. The summed E-state index contributed by atoms with van der Waals surface area (Å²) in [6.45, 7) is 3.76. The number of benzene rings is 1. The summed E-state index contributed by atoms with van der Waals surface area (Å²) in [6.07, 6.45) is 0. The first-order chi connectivity index (χ1) is 8.74. The normalized spacial score (nSPS) is 10.8. The molecule has 2 heterocycles. The first-order valence-corrected chi connectivity index (χ1v) is 6.39. The van der Waals surface area contributed by atoms with Gasteiger partial charge in [0.15, 0.2) is 0 Å². The van der Waals surface area contributed by atoms with Gasteiger partial charge in [0, 0.05) is 12.5 Å². The van der Waals surface area contributed by atoms with Crippen molar-refractivity contribution in [1.29, 1.82) is 0 Å². The molecule has 0 atom stereocenters. The van der Waals surface area contributed by atoms with Crippen molar-refractivity contribution >= 4 is 11.3 Å². The van der Waals surface area contributed by atoms with Gasteiger partial charge >= 0.3 is 0 Å². The Kier molecular flexibility index (Phi) is 2.68. The average molecular weight is 257 g/mol. The van der Waals surface area contributed by atoms with Crippen molar-refractivity contribution in [3.8, 4) is 22.0 Å². The number of hydrogen-bond donors (Lipinski definition) is 0. The molecule has 3 aromatic rings. The van der Waals surface area contributed by atoms with E-state index in [2.05, 4.69) is 15.2 Å². The number of thiazole rings is 1. The van der Waals surface area contributed by atoms with Crippen molar-refractivity contribution in [2.75, 3.05) is 0 Å². The largest absolute Gasteiger partial charge is 0.420 e. The predicted octanol–water partition coefficient (Wildman–Crippen LogP) is 3.48. The molecule has 0 radical (unpaired) electrons. The van der Waals surface area contributed by atoms with Gasteiger partial charge in [-0.15, -0.1) is 21.5 Å². The summed E-state index contributed by atoms with van der Waals surface area (Å²) in [5.74, 6) is 1.10. The summed E-state index contributed by atoms with van der Waals surface area (Å²) in [4.78, 5) is 5.49. The third kappa shape index (κ3) is 1.93. The zero-order valence-corrected chi connectivity index (χ0v) is 10.9. The summed E-state index contributed by atoms with van der Waals surface area (Å²) in [5, 5.41) is 8.92. The number of aromatic nitrogens is 3. The molecule has 18 heavy (non-hydrogen) atoms. The minimum atomic E-state index is 0.539. The van der Waals surface area contributed by atoms with Crippen molar-refractivity contribution in [1.82, 2.24) is 15.2 Å². The van der Waals surface area contributed by atoms with E-state index in [4.69, 9.17) is 4.42 Å². The van der Waals surface area contributed by atoms with E-state index in [0.29, 0.717) is 11.8 Å². The second kappa shape index (κ2) is 4.34. The summed E-state index contributed by atoms with van der Waals surface area (Å²) in [7, 11) is 0. The second-order valence-corrected chi connectivity index (χ2v) is 5.11. The standard InChI is InChI=1S/C13H11N3OS/c1-8-15-16-13(17-8)12-11(14-9(2)18-12)10-6-4-3-5-7-10/h3-7H,1-2H3. The minimum Gasteiger partial charge on any atom is -0.420 e. The van der Waals surface area contributed by atoms with E-state index in [9.17, 15) is 0 Å². The molecule has 0 fully saturated rings. The van der Waals surface area contributed by atoms with Gasteiger partial charge < -0.3 is 4.42 Å². The van der Waals surface area contributed by atoms with E-state index in [-0.39, 0.29) is 0 Å². The number of nitrogens with zero attached hydrogens (tertiary/aromatic N) is 3. The van der Waals surface area contributed by atoms with Crippen molar-refractivity contribution in [2.24, 2.45) is 0 Å². The summed E-state index contributed by atoms with van der Waals surface area (Å²) >= 11 is 1.57. The highest BCUT2D eigenvalue weighted by atomic mass is 32.1. The van der Waals surface area contributed by atoms with E-state index < -0.39 is 0 Å². The van der Waals surface area contributed by atoms with Gasteiger partial charge in [0.2, 0.25) is 5.89 Å². The Labute approximate surface area is 108 Å². The topological polar surface area (TPSA) is 51.8 Å². The fourth-order valence-corrected chi connectivity index (χ4v) is 2.61. The summed E-state index contributed by atoms with van der Waals surface area (Å²) in [5.41, 5.74) is 1.97. The van der Waals surface area contributed by atoms with Crippen molar-refractivity contribution in [2.45, 2.75) is 13.8 Å². The maximum absolute atomic E-state index is 5.49. The van der Waals surface area contributed by atoms with Crippen molar-refractivity contribution in [3.63, 3.8) is 0 Å². The maximum Gasteiger partial charge on any atom is 0.260 e. The van der Waals surface area contributed by atoms with Gasteiger partial charge in [0.25, 0.3) is 5.89 Å². The number of aryl methyl sites for hydroxylation is 2. The Morgan fingerprint density at radius 2 is 1.83 bits per heavy atom. The van der Waals surface area contributed by atoms with Crippen LogP contribution in [0.3, 0.4) is 0 Å². The Morgan fingerprint density at radius 1 is 1.06 bits per heavy atom. The lowest BCUT2D eigenvalue weighted by molar-refractivity contribution is 0.534. The van der Waals surface area contributed by atoms with E-state index in [1.807, 2.05) is 37.3 Å². The second-order valence-electron chi connectivity index (χ2n) is 3.90. The molecule has 0 amide bonds. The van der Waals surface area contributed by atoms with Gasteiger partial charge in [-0.1, -0.05) is 30.3 Å². The smallest absolute Gasteiger partial charge is 0.260 e. The van der Waals surface area contributed by atoms with Gasteiger partial charge in [-0.3, -0.25) is 0 Å². The van der Waals surface area contributed by atoms with Crippen molar-refractivity contribution in [3.05, 3.63) is 41.2 Å². The molecule has 0 N–H and O–H groups in total. The Balaban J connectivity index is 2.16. The van der Waals surface area contributed by atoms with Crippen LogP contribution in [0.4, 0.5) is 0 Å². The zero-order valence-electron chi connectivity index (χ0n) is 10.0. The van der Waals surface area contributed by atoms with Gasteiger partial charge in [-0.05, 0) is 6.92 Å². The number of hydrogen-bond acceptors (Lipinski definition) is 5. The lowest BCUT2D eigenvalue weighted by atomic mass is 10.1. The minimum absolute atomic E-state index is 0.539. The molecule has 0 unspecified atom stereocenters. The molecule has 4 nitrogen and oxygen atoms in total. The van der Waals surface area contributed by atoms with Crippen LogP contribution in [0.2, 0.25) is 0 Å². The third-order valence-electron chi connectivity index (χ3n) is 2.50. The highest BCUT2D eigenvalue weighted by Gasteiger charge is 2.17. The van der Waals surface area contributed by atoms with Gasteiger partial charge in [0.05, 0.1) is 10.7 Å². The quantitative estimate of drug-likeness (QED) is 0.705. The molecule has 90 valence electrons. The molecule has 0 spiro atoms. The SMILES string of the molecule is Cc1nnc(-c2sc(C)nc2-c2ccccc2)o1. The van der Waals surface area contributed by atoms with E-state index in [1.165, 1.54) is 0 Å². The van der Waals surface area contributed by atoms with Crippen LogP contribution in [0.15, 0.2) is 34.7 Å². The molecule has 0 saturated heterocycles. The lowest BCUT2D eigenvalue weighted by Crippen LogP contribution is -1.82. The van der Waals surface area contributed by atoms with E-state index in [0.717, 1.165) is 21.1 Å². The van der Waals surface area contributed by atoms with Crippen LogP contribution in [0.25, 0.3) is 22.0 Å². The van der Waals surface area contributed by atoms with E-state index >= 15 is 0 Å². The van der Waals surface area contributed by atoms with Gasteiger partial charge in [-0.2, -0.15) is 0 Å². The molecule has 0 aliphatic carbocycles. The molecular formula is C13H11N3OS. The van der Waals surface area contributed by atoms with Crippen LogP contribution in [-0.4, -0.2) is 15.2 Å². The molecule has 1 aromatic carbocycles. The first-order valence-electron chi connectivity index (χ1n) is 5.57. The van der Waals surface area contributed by atoms with Crippen LogP contribution < -0.4 is 0 Å². The van der Waals surface area contributed by atoms with Crippen LogP contribution in [0.1, 0.15) is 10.9 Å². The molecule has 0 bridgehead atoms. The summed E-state index contributed by atoms with van der Waals surface area (Å²) < 4.78 is 5.49. The van der Waals surface area contributed by atoms with Gasteiger partial charge in [-0.25, -0.2) is 4.98 Å². The van der Waals surface area contributed by atoms with Crippen LogP contribution in [0, 0.1) is 13.8 Å². The Morgan fingerprint density at radius 3 is 2.50 bits per heavy atom. The third-order valence-corrected chi connectivity index (χ3v) is 3.46. The maximum atomic E-state index is 5.49. The molecule has 2 aromatic heterocycles. The Bertz CT molecular complexity index is 673. The highest BCUT2D eigenvalue weighted by Crippen LogP contribution is 2.35. The molecule has 0 aliphatic rings. The van der Waals surface area contributed by atoms with E-state index in [1.54, 1.807) is 18.3 Å². The molecule has 0 aliphatic heterocycles. The summed E-state index contributed by atoms with van der Waals surface area (Å²) in [6, 6.07) is 10.0. The average Bonchev–Trinajstić information content (AvgIpc) is 2.96. The molecule has 0 saturated carbocycles. The molecular weight excluding hydrogens is 246 g/mol. The fraction of sp³-hybridized carbons (Fsp3) is 0.154. The molecule has 3 rings (SSSR count). The number of rotatable bonds is 2. The zero-order chi connectivity index (χ0) is 12.5.